The number of ether oxygens (including phenoxy) is 1. The Labute approximate surface area is 172 Å². The molecule has 4 heterocycles. The first-order chi connectivity index (χ1) is 14.4. The first-order valence-corrected chi connectivity index (χ1v) is 9.86. The van der Waals surface area contributed by atoms with Gasteiger partial charge in [0.25, 0.3) is 0 Å². The Morgan fingerprint density at radius 3 is 2.83 bits per heavy atom. The molecule has 2 amide bonds. The summed E-state index contributed by atoms with van der Waals surface area (Å²) in [7, 11) is 1.70. The molecular formula is C21H21FN4O4. The number of amides is 2. The predicted octanol–water partition coefficient (Wildman–Crippen LogP) is 1.50. The lowest BCUT2D eigenvalue weighted by Crippen LogP contribution is -2.45. The highest BCUT2D eigenvalue weighted by Crippen LogP contribution is 2.53. The molecule has 1 spiro atoms. The Balaban J connectivity index is 1.35. The lowest BCUT2D eigenvalue weighted by atomic mass is 9.76. The van der Waals surface area contributed by atoms with Crippen LogP contribution < -0.4 is 4.90 Å². The van der Waals surface area contributed by atoms with Gasteiger partial charge in [0.05, 0.1) is 24.5 Å². The van der Waals surface area contributed by atoms with Gasteiger partial charge in [0, 0.05) is 32.6 Å². The van der Waals surface area contributed by atoms with Crippen molar-refractivity contribution >= 4 is 17.5 Å². The third-order valence-corrected chi connectivity index (χ3v) is 6.14. The minimum Gasteiger partial charge on any atom is -0.360 e. The van der Waals surface area contributed by atoms with Gasteiger partial charge in [-0.3, -0.25) is 9.59 Å². The molecule has 0 saturated carbocycles. The Kier molecular flexibility index (Phi) is 4.25. The van der Waals surface area contributed by atoms with Gasteiger partial charge in [-0.1, -0.05) is 17.3 Å². The molecule has 0 aliphatic carbocycles. The zero-order valence-corrected chi connectivity index (χ0v) is 16.6. The van der Waals surface area contributed by atoms with Crippen molar-refractivity contribution in [3.8, 4) is 0 Å². The molecule has 2 aromatic rings. The fourth-order valence-electron chi connectivity index (χ4n) is 4.70. The molecule has 1 aromatic carbocycles. The third kappa shape index (κ3) is 2.84. The Morgan fingerprint density at radius 1 is 1.37 bits per heavy atom. The molecule has 3 aliphatic rings. The van der Waals surface area contributed by atoms with Crippen molar-refractivity contribution < 1.29 is 23.2 Å². The van der Waals surface area contributed by atoms with Crippen LogP contribution >= 0.6 is 0 Å². The van der Waals surface area contributed by atoms with E-state index < -0.39 is 23.5 Å². The zero-order chi connectivity index (χ0) is 21.0. The van der Waals surface area contributed by atoms with Crippen LogP contribution in [0, 0.1) is 24.6 Å². The third-order valence-electron chi connectivity index (χ3n) is 6.14. The molecule has 0 N–H and O–H groups in total. The molecule has 0 unspecified atom stereocenters. The minimum absolute atomic E-state index is 0.147. The first-order valence-electron chi connectivity index (χ1n) is 9.86. The topological polar surface area (TPSA) is 88.8 Å². The van der Waals surface area contributed by atoms with Gasteiger partial charge in [0.15, 0.2) is 5.82 Å². The summed E-state index contributed by atoms with van der Waals surface area (Å²) in [6.45, 7) is 2.42. The van der Waals surface area contributed by atoms with E-state index in [-0.39, 0.29) is 17.6 Å². The second-order valence-electron chi connectivity index (χ2n) is 8.04. The summed E-state index contributed by atoms with van der Waals surface area (Å²) in [5.41, 5.74) is -0.222. The second kappa shape index (κ2) is 6.73. The summed E-state index contributed by atoms with van der Waals surface area (Å²) < 4.78 is 24.4. The van der Waals surface area contributed by atoms with Crippen molar-refractivity contribution in [3.63, 3.8) is 0 Å². The van der Waals surface area contributed by atoms with E-state index in [1.807, 2.05) is 12.2 Å². The van der Waals surface area contributed by atoms with Crippen molar-refractivity contribution in [3.05, 3.63) is 53.9 Å². The number of nitrogens with zero attached hydrogens (tertiary/aromatic N) is 4. The number of hydrogen-bond acceptors (Lipinski definition) is 6. The number of fused-ring (bicyclic) bond motifs is 1. The van der Waals surface area contributed by atoms with E-state index in [0.717, 1.165) is 0 Å². The molecule has 1 aromatic heterocycles. The molecule has 8 nitrogen and oxygen atoms in total. The maximum Gasteiger partial charge on any atom is 0.234 e. The number of carbonyl (C=O) groups excluding carboxylic acids is 2. The molecule has 156 valence electrons. The van der Waals surface area contributed by atoms with Crippen LogP contribution in [0.25, 0.3) is 0 Å². The molecule has 30 heavy (non-hydrogen) atoms. The maximum atomic E-state index is 13.3. The smallest absolute Gasteiger partial charge is 0.234 e. The Hall–Kier alpha value is -3.07. The highest BCUT2D eigenvalue weighted by atomic mass is 19.1. The molecule has 4 atom stereocenters. The van der Waals surface area contributed by atoms with E-state index in [2.05, 4.69) is 10.1 Å². The number of carbonyl (C=O) groups is 2. The van der Waals surface area contributed by atoms with E-state index >= 15 is 0 Å². The van der Waals surface area contributed by atoms with Crippen LogP contribution in [0.15, 0.2) is 40.9 Å². The predicted molar refractivity (Wildman–Crippen MR) is 103 cm³/mol. The summed E-state index contributed by atoms with van der Waals surface area (Å²) in [4.78, 5) is 33.9. The van der Waals surface area contributed by atoms with Crippen LogP contribution in [0.2, 0.25) is 0 Å². The first kappa shape index (κ1) is 18.9. The highest BCUT2D eigenvalue weighted by molar-refractivity contribution is 6.03. The van der Waals surface area contributed by atoms with Gasteiger partial charge in [-0.15, -0.1) is 0 Å². The fraction of sp³-hybridized carbons (Fsp3) is 0.429. The summed E-state index contributed by atoms with van der Waals surface area (Å²) in [6.07, 6.45) is 3.81. The Bertz CT molecular complexity index is 1040. The largest absolute Gasteiger partial charge is 0.360 e. The zero-order valence-electron chi connectivity index (χ0n) is 16.6. The van der Waals surface area contributed by atoms with Crippen molar-refractivity contribution in [1.29, 1.82) is 0 Å². The molecule has 2 bridgehead atoms. The number of benzene rings is 1. The van der Waals surface area contributed by atoms with Gasteiger partial charge in [0.1, 0.15) is 11.4 Å². The van der Waals surface area contributed by atoms with Crippen LogP contribution in [0.5, 0.6) is 0 Å². The number of halogens is 1. The molecule has 0 radical (unpaired) electrons. The minimum atomic E-state index is -0.817. The SMILES string of the molecule is Cc1nc(CCN(C)C(=O)[C@H]2[C@@H]3C=C[C@@]4(CN(c5ccc(F)cc5)C(=O)[C@@H]24)O3)no1. The average molecular weight is 412 g/mol. The highest BCUT2D eigenvalue weighted by Gasteiger charge is 2.67. The summed E-state index contributed by atoms with van der Waals surface area (Å²) >= 11 is 0. The number of aromatic nitrogens is 2. The van der Waals surface area contributed by atoms with Gasteiger partial charge < -0.3 is 19.1 Å². The van der Waals surface area contributed by atoms with Crippen LogP contribution in [-0.4, -0.2) is 58.7 Å². The van der Waals surface area contributed by atoms with Gasteiger partial charge >= 0.3 is 0 Å². The van der Waals surface area contributed by atoms with Crippen molar-refractivity contribution in [2.24, 2.45) is 11.8 Å². The fourth-order valence-corrected chi connectivity index (χ4v) is 4.70. The van der Waals surface area contributed by atoms with Gasteiger partial charge in [0.2, 0.25) is 17.7 Å². The number of likely N-dealkylation sites (N-methyl/N-ethyl adjacent to an activating group) is 1. The second-order valence-corrected chi connectivity index (χ2v) is 8.04. The van der Waals surface area contributed by atoms with E-state index in [0.29, 0.717) is 36.9 Å². The van der Waals surface area contributed by atoms with E-state index in [1.165, 1.54) is 12.1 Å². The normalized spacial score (nSPS) is 29.0. The molecular weight excluding hydrogens is 391 g/mol. The monoisotopic (exact) mass is 412 g/mol. The van der Waals surface area contributed by atoms with Crippen LogP contribution in [0.4, 0.5) is 10.1 Å². The van der Waals surface area contributed by atoms with Crippen molar-refractivity contribution in [2.75, 3.05) is 25.0 Å². The maximum absolute atomic E-state index is 13.3. The van der Waals surface area contributed by atoms with Crippen molar-refractivity contribution in [2.45, 2.75) is 25.0 Å². The molecule has 2 saturated heterocycles. The summed E-state index contributed by atoms with van der Waals surface area (Å²) in [5, 5.41) is 3.85. The Morgan fingerprint density at radius 2 is 2.13 bits per heavy atom. The van der Waals surface area contributed by atoms with E-state index in [4.69, 9.17) is 9.26 Å². The molecule has 9 heteroatoms. The number of rotatable bonds is 5. The quantitative estimate of drug-likeness (QED) is 0.692. The summed E-state index contributed by atoms with van der Waals surface area (Å²) in [6, 6.07) is 5.77. The van der Waals surface area contributed by atoms with Gasteiger partial charge in [-0.05, 0) is 24.3 Å². The molecule has 2 fully saturated rings. The standard InChI is InChI=1S/C21H21FN4O4/c1-12-23-16(24-30-12)8-10-25(2)19(27)17-15-7-9-21(29-15)11-26(20(28)18(17)21)14-5-3-13(22)4-6-14/h3-7,9,15,17-18H,8,10-11H2,1-2H3/t15-,17-,18+,21-/m0/s1. The average Bonchev–Trinajstić information content (AvgIpc) is 3.47. The van der Waals surface area contributed by atoms with Crippen LogP contribution in [-0.2, 0) is 20.7 Å². The number of aryl methyl sites for hydroxylation is 1. The number of hydrogen-bond donors (Lipinski definition) is 0. The van der Waals surface area contributed by atoms with Crippen LogP contribution in [0.3, 0.4) is 0 Å². The lowest BCUT2D eigenvalue weighted by Gasteiger charge is -2.27. The molecule has 3 aliphatic heterocycles. The van der Waals surface area contributed by atoms with Crippen LogP contribution in [0.1, 0.15) is 11.7 Å². The number of anilines is 1. The van der Waals surface area contributed by atoms with E-state index in [9.17, 15) is 14.0 Å². The van der Waals surface area contributed by atoms with Gasteiger partial charge in [-0.25, -0.2) is 4.39 Å². The van der Waals surface area contributed by atoms with Gasteiger partial charge in [-0.2, -0.15) is 4.98 Å². The van der Waals surface area contributed by atoms with E-state index in [1.54, 1.807) is 35.9 Å². The lowest BCUT2D eigenvalue weighted by molar-refractivity contribution is -0.139. The molecule has 5 rings (SSSR count). The van der Waals surface area contributed by atoms with Crippen molar-refractivity contribution in [1.82, 2.24) is 15.0 Å². The summed E-state index contributed by atoms with van der Waals surface area (Å²) in [5.74, 6) is -0.867.